The highest BCUT2D eigenvalue weighted by molar-refractivity contribution is 7.89. The highest BCUT2D eigenvalue weighted by Crippen LogP contribution is 2.27. The van der Waals surface area contributed by atoms with E-state index in [0.717, 1.165) is 10.5 Å². The summed E-state index contributed by atoms with van der Waals surface area (Å²) in [6.45, 7) is 9.55. The van der Waals surface area contributed by atoms with Gasteiger partial charge in [-0.05, 0) is 44.7 Å². The van der Waals surface area contributed by atoms with Gasteiger partial charge in [-0.3, -0.25) is 14.5 Å². The zero-order valence-corrected chi connectivity index (χ0v) is 20.2. The normalized spacial score (nSPS) is 19.4. The standard InChI is InChI=1S/C22H32N4O5S/c1-6-22(7-2)20(28)26(21(29)23-22)14-18(27)24-8-10-25(11-9-24)32(30,31)19-16(4)12-15(3)13-17(19)5/h12-13H,6-11,14H2,1-5H3,(H,23,29). The zero-order valence-electron chi connectivity index (χ0n) is 19.4. The van der Waals surface area contributed by atoms with Gasteiger partial charge in [-0.2, -0.15) is 4.31 Å². The van der Waals surface area contributed by atoms with Gasteiger partial charge in [-0.15, -0.1) is 0 Å². The van der Waals surface area contributed by atoms with E-state index in [1.54, 1.807) is 13.8 Å². The summed E-state index contributed by atoms with van der Waals surface area (Å²) in [4.78, 5) is 40.6. The van der Waals surface area contributed by atoms with Gasteiger partial charge in [0.15, 0.2) is 0 Å². The number of sulfonamides is 1. The minimum atomic E-state index is -3.68. The molecule has 3 rings (SSSR count). The van der Waals surface area contributed by atoms with Crippen LogP contribution in [0.5, 0.6) is 0 Å². The quantitative estimate of drug-likeness (QED) is 0.643. The molecule has 32 heavy (non-hydrogen) atoms. The van der Waals surface area contributed by atoms with Crippen molar-refractivity contribution in [3.05, 3.63) is 28.8 Å². The van der Waals surface area contributed by atoms with E-state index in [4.69, 9.17) is 0 Å². The Morgan fingerprint density at radius 2 is 1.53 bits per heavy atom. The van der Waals surface area contributed by atoms with Gasteiger partial charge in [0, 0.05) is 26.2 Å². The second-order valence-electron chi connectivity index (χ2n) is 8.62. The van der Waals surface area contributed by atoms with Crippen LogP contribution < -0.4 is 5.32 Å². The first-order valence-corrected chi connectivity index (χ1v) is 12.4. The monoisotopic (exact) mass is 464 g/mol. The third-order valence-electron chi connectivity index (χ3n) is 6.54. The van der Waals surface area contributed by atoms with E-state index >= 15 is 0 Å². The Morgan fingerprint density at radius 3 is 2.00 bits per heavy atom. The SMILES string of the molecule is CCC1(CC)NC(=O)N(CC(=O)N2CCN(S(=O)(=O)c3c(C)cc(C)cc3C)CC2)C1=O. The van der Waals surface area contributed by atoms with E-state index in [9.17, 15) is 22.8 Å². The summed E-state index contributed by atoms with van der Waals surface area (Å²) in [6, 6.07) is 3.15. The molecule has 0 spiro atoms. The van der Waals surface area contributed by atoms with Crippen LogP contribution in [0.1, 0.15) is 43.4 Å². The van der Waals surface area contributed by atoms with Gasteiger partial charge in [-0.25, -0.2) is 13.2 Å². The van der Waals surface area contributed by atoms with Gasteiger partial charge >= 0.3 is 6.03 Å². The lowest BCUT2D eigenvalue weighted by Gasteiger charge is -2.35. The summed E-state index contributed by atoms with van der Waals surface area (Å²) < 4.78 is 27.9. The number of piperazine rings is 1. The summed E-state index contributed by atoms with van der Waals surface area (Å²) in [5.74, 6) is -0.747. The average molecular weight is 465 g/mol. The third-order valence-corrected chi connectivity index (χ3v) is 8.75. The predicted molar refractivity (Wildman–Crippen MR) is 120 cm³/mol. The molecule has 4 amide bonds. The van der Waals surface area contributed by atoms with E-state index in [2.05, 4.69) is 5.32 Å². The van der Waals surface area contributed by atoms with E-state index < -0.39 is 21.6 Å². The van der Waals surface area contributed by atoms with Crippen molar-refractivity contribution >= 4 is 27.9 Å². The molecule has 2 saturated heterocycles. The largest absolute Gasteiger partial charge is 0.338 e. The molecular formula is C22H32N4O5S. The lowest BCUT2D eigenvalue weighted by Crippen LogP contribution is -2.53. The molecule has 0 unspecified atom stereocenters. The Hall–Kier alpha value is -2.46. The molecule has 2 heterocycles. The summed E-state index contributed by atoms with van der Waals surface area (Å²) in [5.41, 5.74) is 1.46. The lowest BCUT2D eigenvalue weighted by atomic mass is 9.93. The zero-order chi connectivity index (χ0) is 23.8. The number of benzene rings is 1. The maximum Gasteiger partial charge on any atom is 0.325 e. The number of nitrogens with zero attached hydrogens (tertiary/aromatic N) is 3. The Kier molecular flexibility index (Phi) is 6.67. The average Bonchev–Trinajstić information content (AvgIpc) is 2.97. The summed E-state index contributed by atoms with van der Waals surface area (Å²) >= 11 is 0. The summed E-state index contributed by atoms with van der Waals surface area (Å²) in [6.07, 6.45) is 0.903. The van der Waals surface area contributed by atoms with Gasteiger partial charge in [-0.1, -0.05) is 31.5 Å². The van der Waals surface area contributed by atoms with Crippen LogP contribution in [0.2, 0.25) is 0 Å². The molecular weight excluding hydrogens is 432 g/mol. The van der Waals surface area contributed by atoms with Crippen LogP contribution in [-0.4, -0.2) is 78.6 Å². The van der Waals surface area contributed by atoms with Crippen LogP contribution >= 0.6 is 0 Å². The molecule has 0 saturated carbocycles. The van der Waals surface area contributed by atoms with Crippen LogP contribution in [0.15, 0.2) is 17.0 Å². The first kappa shape index (κ1) is 24.2. The van der Waals surface area contributed by atoms with Crippen molar-refractivity contribution in [2.75, 3.05) is 32.7 Å². The molecule has 9 nitrogen and oxygen atoms in total. The molecule has 0 aliphatic carbocycles. The minimum Gasteiger partial charge on any atom is -0.338 e. The molecule has 1 aromatic rings. The molecule has 1 N–H and O–H groups in total. The lowest BCUT2D eigenvalue weighted by molar-refractivity contribution is -0.139. The Labute approximate surface area is 189 Å². The number of urea groups is 1. The molecule has 10 heteroatoms. The van der Waals surface area contributed by atoms with Crippen LogP contribution in [0, 0.1) is 20.8 Å². The topological polar surface area (TPSA) is 107 Å². The summed E-state index contributed by atoms with van der Waals surface area (Å²) in [5, 5.41) is 2.71. The van der Waals surface area contributed by atoms with E-state index in [1.807, 2.05) is 32.9 Å². The first-order chi connectivity index (χ1) is 15.0. The van der Waals surface area contributed by atoms with Crippen molar-refractivity contribution < 1.29 is 22.8 Å². The number of imide groups is 1. The highest BCUT2D eigenvalue weighted by atomic mass is 32.2. The second-order valence-corrected chi connectivity index (χ2v) is 10.5. The summed E-state index contributed by atoms with van der Waals surface area (Å²) in [7, 11) is -3.68. The van der Waals surface area contributed by atoms with E-state index in [0.29, 0.717) is 28.9 Å². The van der Waals surface area contributed by atoms with Gasteiger partial charge in [0.25, 0.3) is 5.91 Å². The van der Waals surface area contributed by atoms with Crippen molar-refractivity contribution in [1.29, 1.82) is 0 Å². The number of carbonyl (C=O) groups excluding carboxylic acids is 3. The minimum absolute atomic E-state index is 0.162. The second kappa shape index (κ2) is 8.82. The Morgan fingerprint density at radius 1 is 1.00 bits per heavy atom. The van der Waals surface area contributed by atoms with Crippen molar-refractivity contribution in [3.8, 4) is 0 Å². The maximum atomic E-state index is 13.2. The van der Waals surface area contributed by atoms with Crippen molar-refractivity contribution in [2.24, 2.45) is 0 Å². The van der Waals surface area contributed by atoms with Crippen molar-refractivity contribution in [1.82, 2.24) is 19.4 Å². The van der Waals surface area contributed by atoms with Crippen molar-refractivity contribution in [3.63, 3.8) is 0 Å². The Bertz CT molecular complexity index is 1020. The highest BCUT2D eigenvalue weighted by Gasteiger charge is 2.49. The van der Waals surface area contributed by atoms with E-state index in [1.165, 1.54) is 9.21 Å². The molecule has 0 radical (unpaired) electrons. The molecule has 2 fully saturated rings. The predicted octanol–water partition coefficient (Wildman–Crippen LogP) is 1.56. The third kappa shape index (κ3) is 4.13. The smallest absolute Gasteiger partial charge is 0.325 e. The fraction of sp³-hybridized carbons (Fsp3) is 0.591. The van der Waals surface area contributed by atoms with Gasteiger partial charge in [0.2, 0.25) is 15.9 Å². The number of carbonyl (C=O) groups is 3. The number of nitrogens with one attached hydrogen (secondary N) is 1. The first-order valence-electron chi connectivity index (χ1n) is 11.0. The van der Waals surface area contributed by atoms with Crippen molar-refractivity contribution in [2.45, 2.75) is 57.9 Å². The number of hydrogen-bond donors (Lipinski definition) is 1. The Balaban J connectivity index is 1.67. The number of hydrogen-bond acceptors (Lipinski definition) is 5. The van der Waals surface area contributed by atoms with Gasteiger partial charge in [0.05, 0.1) is 4.90 Å². The fourth-order valence-corrected chi connectivity index (χ4v) is 6.50. The number of aryl methyl sites for hydroxylation is 3. The van der Waals surface area contributed by atoms with Gasteiger partial charge < -0.3 is 10.2 Å². The van der Waals surface area contributed by atoms with Crippen LogP contribution in [0.3, 0.4) is 0 Å². The fourth-order valence-electron chi connectivity index (χ4n) is 4.66. The number of amides is 4. The molecule has 0 atom stereocenters. The maximum absolute atomic E-state index is 13.2. The van der Waals surface area contributed by atoms with Gasteiger partial charge in [0.1, 0.15) is 12.1 Å². The van der Waals surface area contributed by atoms with E-state index in [-0.39, 0.29) is 44.5 Å². The molecule has 0 bridgehead atoms. The number of rotatable bonds is 6. The molecule has 176 valence electrons. The molecule has 2 aliphatic heterocycles. The van der Waals surface area contributed by atoms with Crippen LogP contribution in [0.4, 0.5) is 4.79 Å². The molecule has 0 aromatic heterocycles. The molecule has 2 aliphatic rings. The van der Waals surface area contributed by atoms with Crippen LogP contribution in [0.25, 0.3) is 0 Å². The van der Waals surface area contributed by atoms with Crippen LogP contribution in [-0.2, 0) is 19.6 Å². The molecule has 1 aromatic carbocycles.